The fraction of sp³-hybridized carbons (Fsp3) is 0.462. The van der Waals surface area contributed by atoms with Crippen LogP contribution in [0.5, 0.6) is 0 Å². The second kappa shape index (κ2) is 9.11. The molecule has 1 aromatic rings. The lowest BCUT2D eigenvalue weighted by Gasteiger charge is -2.05. The molecule has 0 bridgehead atoms. The van der Waals surface area contributed by atoms with Gasteiger partial charge in [0.2, 0.25) is 0 Å². The first-order valence-corrected chi connectivity index (χ1v) is 7.51. The molecule has 0 fully saturated rings. The smallest absolute Gasteiger partial charge is 0.188 e. The maximum absolute atomic E-state index is 5.82. The van der Waals surface area contributed by atoms with Crippen molar-refractivity contribution in [1.82, 2.24) is 5.32 Å². The van der Waals surface area contributed by atoms with E-state index in [9.17, 15) is 0 Å². The van der Waals surface area contributed by atoms with E-state index in [1.165, 1.54) is 4.90 Å². The quantitative estimate of drug-likeness (QED) is 0.350. The van der Waals surface area contributed by atoms with Crippen LogP contribution in [0.25, 0.3) is 0 Å². The number of hydrogen-bond donors (Lipinski definition) is 2. The summed E-state index contributed by atoms with van der Waals surface area (Å²) in [5, 5.41) is 3.87. The lowest BCUT2D eigenvalue weighted by molar-refractivity contribution is 0.798. The molecule has 3 N–H and O–H groups in total. The molecule has 0 saturated heterocycles. The molecule has 0 amide bonds. The summed E-state index contributed by atoms with van der Waals surface area (Å²) >= 11 is 7.59. The van der Waals surface area contributed by atoms with Crippen LogP contribution in [0.1, 0.15) is 19.8 Å². The van der Waals surface area contributed by atoms with Gasteiger partial charge in [-0.1, -0.05) is 24.9 Å². The van der Waals surface area contributed by atoms with E-state index in [2.05, 4.69) is 17.2 Å². The number of aliphatic imine (C=N–C) groups is 1. The van der Waals surface area contributed by atoms with E-state index < -0.39 is 0 Å². The van der Waals surface area contributed by atoms with Crippen molar-refractivity contribution >= 4 is 29.3 Å². The number of thioether (sulfide) groups is 1. The van der Waals surface area contributed by atoms with Crippen molar-refractivity contribution in [3.8, 4) is 0 Å². The number of guanidine groups is 1. The highest BCUT2D eigenvalue weighted by Gasteiger charge is 1.95. The number of hydrogen-bond acceptors (Lipinski definition) is 2. The number of nitrogens with zero attached hydrogens (tertiary/aromatic N) is 1. The Kier molecular flexibility index (Phi) is 7.69. The number of rotatable bonds is 7. The van der Waals surface area contributed by atoms with Crippen LogP contribution in [0.2, 0.25) is 5.02 Å². The Bertz CT molecular complexity index is 365. The largest absolute Gasteiger partial charge is 0.370 e. The molecule has 0 atom stereocenters. The van der Waals surface area contributed by atoms with Gasteiger partial charge in [-0.15, -0.1) is 11.8 Å². The van der Waals surface area contributed by atoms with Crippen molar-refractivity contribution in [1.29, 1.82) is 0 Å². The summed E-state index contributed by atoms with van der Waals surface area (Å²) in [7, 11) is 0. The molecule has 3 nitrogen and oxygen atoms in total. The highest BCUT2D eigenvalue weighted by molar-refractivity contribution is 7.99. The van der Waals surface area contributed by atoms with Crippen molar-refractivity contribution in [3.05, 3.63) is 29.3 Å². The van der Waals surface area contributed by atoms with Crippen LogP contribution in [0.15, 0.2) is 34.2 Å². The number of nitrogens with one attached hydrogen (secondary N) is 1. The number of halogens is 1. The molecule has 0 heterocycles. The minimum absolute atomic E-state index is 0.542. The zero-order chi connectivity index (χ0) is 13.2. The Balaban J connectivity index is 2.14. The molecular formula is C13H20ClN3S. The summed E-state index contributed by atoms with van der Waals surface area (Å²) in [5.41, 5.74) is 5.73. The number of nitrogens with two attached hydrogens (primary N) is 1. The Morgan fingerprint density at radius 1 is 1.39 bits per heavy atom. The zero-order valence-electron chi connectivity index (χ0n) is 10.7. The number of benzene rings is 1. The molecule has 0 radical (unpaired) electrons. The molecule has 0 unspecified atom stereocenters. The van der Waals surface area contributed by atoms with Gasteiger partial charge in [-0.25, -0.2) is 0 Å². The van der Waals surface area contributed by atoms with E-state index >= 15 is 0 Å². The maximum atomic E-state index is 5.82. The lowest BCUT2D eigenvalue weighted by atomic mass is 10.3. The van der Waals surface area contributed by atoms with Gasteiger partial charge in [0.15, 0.2) is 5.96 Å². The highest BCUT2D eigenvalue weighted by atomic mass is 35.5. The summed E-state index contributed by atoms with van der Waals surface area (Å²) in [6.07, 6.45) is 2.23. The molecule has 5 heteroatoms. The average Bonchev–Trinajstić information content (AvgIpc) is 2.37. The summed E-state index contributed by atoms with van der Waals surface area (Å²) in [6, 6.07) is 7.84. The lowest BCUT2D eigenvalue weighted by Crippen LogP contribution is -2.33. The predicted octanol–water partition coefficient (Wildman–Crippen LogP) is 3.14. The van der Waals surface area contributed by atoms with E-state index in [4.69, 9.17) is 17.3 Å². The fourth-order valence-corrected chi connectivity index (χ4v) is 2.19. The second-order valence-corrected chi connectivity index (χ2v) is 5.45. The zero-order valence-corrected chi connectivity index (χ0v) is 12.2. The Morgan fingerprint density at radius 2 is 2.11 bits per heavy atom. The molecule has 1 aromatic carbocycles. The summed E-state index contributed by atoms with van der Waals surface area (Å²) < 4.78 is 0. The van der Waals surface area contributed by atoms with Crippen LogP contribution in [-0.4, -0.2) is 24.8 Å². The van der Waals surface area contributed by atoms with E-state index in [-0.39, 0.29) is 0 Å². The molecule has 0 aliphatic rings. The van der Waals surface area contributed by atoms with Gasteiger partial charge in [0, 0.05) is 28.8 Å². The van der Waals surface area contributed by atoms with E-state index in [1.54, 1.807) is 11.8 Å². The van der Waals surface area contributed by atoms with E-state index in [1.807, 2.05) is 24.3 Å². The molecule has 18 heavy (non-hydrogen) atoms. The third-order valence-corrected chi connectivity index (χ3v) is 3.55. The highest BCUT2D eigenvalue weighted by Crippen LogP contribution is 2.19. The standard InChI is InChI=1S/C13H20ClN3S/c1-2-3-8-16-13(15)17-9-10-18-12-6-4-11(14)5-7-12/h4-7H,2-3,8-10H2,1H3,(H3,15,16,17). The molecule has 0 aliphatic carbocycles. The average molecular weight is 286 g/mol. The summed E-state index contributed by atoms with van der Waals surface area (Å²) in [4.78, 5) is 5.44. The van der Waals surface area contributed by atoms with Gasteiger partial charge in [0.25, 0.3) is 0 Å². The van der Waals surface area contributed by atoms with Crippen molar-refractivity contribution in [2.24, 2.45) is 10.7 Å². The first-order chi connectivity index (χ1) is 8.72. The van der Waals surface area contributed by atoms with Crippen LogP contribution in [-0.2, 0) is 0 Å². The minimum Gasteiger partial charge on any atom is -0.370 e. The first kappa shape index (κ1) is 15.2. The Morgan fingerprint density at radius 3 is 2.78 bits per heavy atom. The molecule has 0 spiro atoms. The van der Waals surface area contributed by atoms with Crippen LogP contribution >= 0.6 is 23.4 Å². The SMILES string of the molecule is CCCCN=C(N)NCCSc1ccc(Cl)cc1. The second-order valence-electron chi connectivity index (χ2n) is 3.85. The molecule has 1 rings (SSSR count). The molecule has 100 valence electrons. The van der Waals surface area contributed by atoms with Gasteiger partial charge >= 0.3 is 0 Å². The van der Waals surface area contributed by atoms with Gasteiger partial charge in [0.1, 0.15) is 0 Å². The Labute approximate surface area is 118 Å². The van der Waals surface area contributed by atoms with E-state index in [0.717, 1.165) is 36.7 Å². The normalized spacial score (nSPS) is 11.6. The van der Waals surface area contributed by atoms with Crippen molar-refractivity contribution < 1.29 is 0 Å². The number of unbranched alkanes of at least 4 members (excludes halogenated alkanes) is 1. The minimum atomic E-state index is 0.542. The Hall–Kier alpha value is -0.870. The van der Waals surface area contributed by atoms with Crippen molar-refractivity contribution in [3.63, 3.8) is 0 Å². The van der Waals surface area contributed by atoms with Crippen molar-refractivity contribution in [2.45, 2.75) is 24.7 Å². The monoisotopic (exact) mass is 285 g/mol. The molecule has 0 aromatic heterocycles. The molecule has 0 aliphatic heterocycles. The van der Waals surface area contributed by atoms with Crippen LogP contribution in [0.4, 0.5) is 0 Å². The molecule has 0 saturated carbocycles. The maximum Gasteiger partial charge on any atom is 0.188 e. The summed E-state index contributed by atoms with van der Waals surface area (Å²) in [5.74, 6) is 1.49. The van der Waals surface area contributed by atoms with Crippen LogP contribution < -0.4 is 11.1 Å². The van der Waals surface area contributed by atoms with Crippen LogP contribution in [0, 0.1) is 0 Å². The summed E-state index contributed by atoms with van der Waals surface area (Å²) in [6.45, 7) is 3.76. The van der Waals surface area contributed by atoms with Gasteiger partial charge in [-0.2, -0.15) is 0 Å². The topological polar surface area (TPSA) is 50.4 Å². The third kappa shape index (κ3) is 6.77. The van der Waals surface area contributed by atoms with Crippen LogP contribution in [0.3, 0.4) is 0 Å². The van der Waals surface area contributed by atoms with Gasteiger partial charge < -0.3 is 11.1 Å². The fourth-order valence-electron chi connectivity index (χ4n) is 1.29. The van der Waals surface area contributed by atoms with E-state index in [0.29, 0.717) is 5.96 Å². The third-order valence-electron chi connectivity index (χ3n) is 2.28. The molecular weight excluding hydrogens is 266 g/mol. The van der Waals surface area contributed by atoms with Gasteiger partial charge in [-0.3, -0.25) is 4.99 Å². The van der Waals surface area contributed by atoms with Gasteiger partial charge in [-0.05, 0) is 30.7 Å². The predicted molar refractivity (Wildman–Crippen MR) is 81.6 cm³/mol. The first-order valence-electron chi connectivity index (χ1n) is 6.14. The van der Waals surface area contributed by atoms with Gasteiger partial charge in [0.05, 0.1) is 0 Å². The van der Waals surface area contributed by atoms with Crippen molar-refractivity contribution in [2.75, 3.05) is 18.8 Å².